The van der Waals surface area contributed by atoms with Gasteiger partial charge in [-0.25, -0.2) is 4.98 Å². The van der Waals surface area contributed by atoms with Crippen LogP contribution in [0.5, 0.6) is 0 Å². The number of pyridine rings is 1. The zero-order valence-electron chi connectivity index (χ0n) is 10.3. The average Bonchev–Trinajstić information content (AvgIpc) is 2.77. The van der Waals surface area contributed by atoms with E-state index in [9.17, 15) is 0 Å². The molecule has 0 saturated carbocycles. The molecule has 2 N–H and O–H groups in total. The number of aromatic amines is 1. The molecule has 96 valence electrons. The molecule has 6 heteroatoms. The number of hydrogen-bond donors (Lipinski definition) is 2. The molecule has 0 aliphatic carbocycles. The normalized spacial score (nSPS) is 10.8. The SMILES string of the molecule is Cc1cc2c(NCc3ccncc3)nc(Cl)nc2[nH]1. The van der Waals surface area contributed by atoms with Gasteiger partial charge in [0.25, 0.3) is 0 Å². The fourth-order valence-electron chi connectivity index (χ4n) is 1.93. The third-order valence-electron chi connectivity index (χ3n) is 2.80. The summed E-state index contributed by atoms with van der Waals surface area (Å²) >= 11 is 5.92. The molecular weight excluding hydrogens is 262 g/mol. The summed E-state index contributed by atoms with van der Waals surface area (Å²) in [6.07, 6.45) is 3.53. The number of anilines is 1. The van der Waals surface area contributed by atoms with E-state index in [4.69, 9.17) is 11.6 Å². The van der Waals surface area contributed by atoms with Crippen LogP contribution in [-0.4, -0.2) is 19.9 Å². The van der Waals surface area contributed by atoms with Crippen molar-refractivity contribution in [1.82, 2.24) is 19.9 Å². The summed E-state index contributed by atoms with van der Waals surface area (Å²) in [6.45, 7) is 2.64. The van der Waals surface area contributed by atoms with Gasteiger partial charge in [0.1, 0.15) is 11.5 Å². The molecule has 0 fully saturated rings. The highest BCUT2D eigenvalue weighted by atomic mass is 35.5. The summed E-state index contributed by atoms with van der Waals surface area (Å²) in [4.78, 5) is 15.5. The summed E-state index contributed by atoms with van der Waals surface area (Å²) in [6, 6.07) is 5.91. The fourth-order valence-corrected chi connectivity index (χ4v) is 2.10. The minimum absolute atomic E-state index is 0.228. The van der Waals surface area contributed by atoms with Crippen molar-refractivity contribution in [2.45, 2.75) is 13.5 Å². The maximum atomic E-state index is 5.92. The Morgan fingerprint density at radius 3 is 2.84 bits per heavy atom. The van der Waals surface area contributed by atoms with Crippen molar-refractivity contribution in [2.24, 2.45) is 0 Å². The molecule has 0 saturated heterocycles. The molecule has 0 spiro atoms. The molecule has 0 unspecified atom stereocenters. The maximum Gasteiger partial charge on any atom is 0.226 e. The van der Waals surface area contributed by atoms with Crippen LogP contribution in [0.1, 0.15) is 11.3 Å². The number of nitrogens with zero attached hydrogens (tertiary/aromatic N) is 3. The zero-order chi connectivity index (χ0) is 13.2. The van der Waals surface area contributed by atoms with Gasteiger partial charge in [-0.2, -0.15) is 4.98 Å². The van der Waals surface area contributed by atoms with E-state index in [1.165, 1.54) is 0 Å². The summed E-state index contributed by atoms with van der Waals surface area (Å²) < 4.78 is 0. The highest BCUT2D eigenvalue weighted by molar-refractivity contribution is 6.28. The van der Waals surface area contributed by atoms with Crippen LogP contribution in [0.2, 0.25) is 5.28 Å². The lowest BCUT2D eigenvalue weighted by Crippen LogP contribution is -2.02. The number of halogens is 1. The molecule has 3 aromatic rings. The molecular formula is C13H12ClN5. The Bertz CT molecular complexity index is 708. The minimum atomic E-state index is 0.228. The predicted molar refractivity (Wildman–Crippen MR) is 75.2 cm³/mol. The first kappa shape index (κ1) is 11.9. The van der Waals surface area contributed by atoms with Crippen LogP contribution in [0.15, 0.2) is 30.6 Å². The molecule has 0 radical (unpaired) electrons. The first-order valence-electron chi connectivity index (χ1n) is 5.88. The van der Waals surface area contributed by atoms with E-state index < -0.39 is 0 Å². The molecule has 0 bridgehead atoms. The molecule has 19 heavy (non-hydrogen) atoms. The molecule has 3 aromatic heterocycles. The molecule has 0 aliphatic heterocycles. The van der Waals surface area contributed by atoms with Gasteiger partial charge in [0.05, 0.1) is 5.39 Å². The lowest BCUT2D eigenvalue weighted by molar-refractivity contribution is 1.09. The molecule has 3 heterocycles. The zero-order valence-corrected chi connectivity index (χ0v) is 11.1. The molecule has 3 rings (SSSR count). The highest BCUT2D eigenvalue weighted by Crippen LogP contribution is 2.23. The Morgan fingerprint density at radius 2 is 2.05 bits per heavy atom. The van der Waals surface area contributed by atoms with Gasteiger partial charge in [0, 0.05) is 24.6 Å². The molecule has 0 amide bonds. The van der Waals surface area contributed by atoms with Crippen LogP contribution in [0, 0.1) is 6.92 Å². The van der Waals surface area contributed by atoms with Gasteiger partial charge in [-0.3, -0.25) is 4.98 Å². The van der Waals surface area contributed by atoms with Crippen LogP contribution < -0.4 is 5.32 Å². The van der Waals surface area contributed by atoms with Gasteiger partial charge in [-0.1, -0.05) is 0 Å². The summed E-state index contributed by atoms with van der Waals surface area (Å²) in [5, 5.41) is 4.44. The van der Waals surface area contributed by atoms with E-state index in [0.29, 0.717) is 6.54 Å². The van der Waals surface area contributed by atoms with E-state index >= 15 is 0 Å². The number of aryl methyl sites for hydroxylation is 1. The van der Waals surface area contributed by atoms with E-state index in [0.717, 1.165) is 28.1 Å². The van der Waals surface area contributed by atoms with E-state index in [-0.39, 0.29) is 5.28 Å². The van der Waals surface area contributed by atoms with Crippen LogP contribution in [0.3, 0.4) is 0 Å². The van der Waals surface area contributed by atoms with Crippen molar-refractivity contribution in [2.75, 3.05) is 5.32 Å². The van der Waals surface area contributed by atoms with Gasteiger partial charge >= 0.3 is 0 Å². The first-order chi connectivity index (χ1) is 9.22. The number of fused-ring (bicyclic) bond motifs is 1. The second-order valence-electron chi connectivity index (χ2n) is 4.26. The van der Waals surface area contributed by atoms with Crippen LogP contribution in [-0.2, 0) is 6.54 Å². The lowest BCUT2D eigenvalue weighted by Gasteiger charge is -2.06. The quantitative estimate of drug-likeness (QED) is 0.720. The monoisotopic (exact) mass is 273 g/mol. The maximum absolute atomic E-state index is 5.92. The predicted octanol–water partition coefficient (Wildman–Crippen LogP) is 2.93. The number of hydrogen-bond acceptors (Lipinski definition) is 4. The van der Waals surface area contributed by atoms with Gasteiger partial charge < -0.3 is 10.3 Å². The van der Waals surface area contributed by atoms with Gasteiger partial charge in [-0.05, 0) is 42.3 Å². The number of rotatable bonds is 3. The average molecular weight is 274 g/mol. The third kappa shape index (κ3) is 2.51. The van der Waals surface area contributed by atoms with Crippen molar-refractivity contribution in [3.63, 3.8) is 0 Å². The molecule has 0 aromatic carbocycles. The smallest absolute Gasteiger partial charge is 0.226 e. The number of H-pyrrole nitrogens is 1. The topological polar surface area (TPSA) is 66.5 Å². The standard InChI is InChI=1S/C13H12ClN5/c1-8-6-10-11(18-13(14)19-12(10)17-8)16-7-9-2-4-15-5-3-9/h2-6H,7H2,1H3,(H2,16,17,18,19). The van der Waals surface area contributed by atoms with Gasteiger partial charge in [-0.15, -0.1) is 0 Å². The second kappa shape index (κ2) is 4.85. The Balaban J connectivity index is 1.92. The van der Waals surface area contributed by atoms with Crippen molar-refractivity contribution in [1.29, 1.82) is 0 Å². The summed E-state index contributed by atoms with van der Waals surface area (Å²) in [5.74, 6) is 0.733. The largest absolute Gasteiger partial charge is 0.365 e. The van der Waals surface area contributed by atoms with E-state index in [1.54, 1.807) is 12.4 Å². The minimum Gasteiger partial charge on any atom is -0.365 e. The number of nitrogens with one attached hydrogen (secondary N) is 2. The highest BCUT2D eigenvalue weighted by Gasteiger charge is 2.08. The summed E-state index contributed by atoms with van der Waals surface area (Å²) in [5.41, 5.74) is 2.90. The van der Waals surface area contributed by atoms with Crippen LogP contribution in [0.4, 0.5) is 5.82 Å². The Morgan fingerprint density at radius 1 is 1.26 bits per heavy atom. The van der Waals surface area contributed by atoms with Crippen LogP contribution in [0.25, 0.3) is 11.0 Å². The summed E-state index contributed by atoms with van der Waals surface area (Å²) in [7, 11) is 0. The number of aromatic nitrogens is 4. The molecule has 0 atom stereocenters. The van der Waals surface area contributed by atoms with Gasteiger partial charge in [0.15, 0.2) is 0 Å². The second-order valence-corrected chi connectivity index (χ2v) is 4.60. The van der Waals surface area contributed by atoms with Crippen LogP contribution >= 0.6 is 11.6 Å². The fraction of sp³-hybridized carbons (Fsp3) is 0.154. The Kier molecular flexibility index (Phi) is 3.05. The van der Waals surface area contributed by atoms with E-state index in [1.807, 2.05) is 25.1 Å². The Hall–Kier alpha value is -2.14. The molecule has 5 nitrogen and oxygen atoms in total. The van der Waals surface area contributed by atoms with Crippen molar-refractivity contribution in [3.8, 4) is 0 Å². The van der Waals surface area contributed by atoms with Crippen molar-refractivity contribution < 1.29 is 0 Å². The van der Waals surface area contributed by atoms with Gasteiger partial charge in [0.2, 0.25) is 5.28 Å². The van der Waals surface area contributed by atoms with Crippen molar-refractivity contribution in [3.05, 3.63) is 47.1 Å². The lowest BCUT2D eigenvalue weighted by atomic mass is 10.2. The molecule has 0 aliphatic rings. The Labute approximate surface area is 115 Å². The van der Waals surface area contributed by atoms with Crippen molar-refractivity contribution >= 4 is 28.5 Å². The first-order valence-corrected chi connectivity index (χ1v) is 6.26. The van der Waals surface area contributed by atoms with E-state index in [2.05, 4.69) is 25.3 Å². The third-order valence-corrected chi connectivity index (χ3v) is 2.97.